The molecule has 0 saturated heterocycles. The van der Waals surface area contributed by atoms with Gasteiger partial charge in [0.25, 0.3) is 0 Å². The first-order valence-electron chi connectivity index (χ1n) is 6.86. The molecule has 0 radical (unpaired) electrons. The van der Waals surface area contributed by atoms with Gasteiger partial charge >= 0.3 is 0 Å². The Labute approximate surface area is 121 Å². The van der Waals surface area contributed by atoms with Crippen molar-refractivity contribution < 1.29 is 13.2 Å². The fraction of sp³-hybridized carbons (Fsp3) is 0.400. The van der Waals surface area contributed by atoms with Crippen LogP contribution in [0.2, 0.25) is 0 Å². The average molecular weight is 297 g/mol. The molecule has 1 atom stereocenters. The summed E-state index contributed by atoms with van der Waals surface area (Å²) in [4.78, 5) is 0. The van der Waals surface area contributed by atoms with Crippen LogP contribution in [0.1, 0.15) is 30.5 Å². The number of rotatable bonds is 6. The number of aryl methyl sites for hydroxylation is 2. The first-order valence-corrected chi connectivity index (χ1v) is 6.86. The van der Waals surface area contributed by atoms with Gasteiger partial charge in [0.1, 0.15) is 0 Å². The molecular weight excluding hydrogens is 279 g/mol. The van der Waals surface area contributed by atoms with Gasteiger partial charge in [-0.2, -0.15) is 5.10 Å². The van der Waals surface area contributed by atoms with Crippen molar-refractivity contribution in [1.82, 2.24) is 15.1 Å². The smallest absolute Gasteiger partial charge is 0.194 e. The van der Waals surface area contributed by atoms with Crippen molar-refractivity contribution in [2.75, 3.05) is 6.54 Å². The van der Waals surface area contributed by atoms with Crippen LogP contribution in [0.25, 0.3) is 0 Å². The first-order chi connectivity index (χ1) is 10.0. The lowest BCUT2D eigenvalue weighted by Crippen LogP contribution is -2.22. The van der Waals surface area contributed by atoms with Crippen molar-refractivity contribution in [2.24, 2.45) is 7.05 Å². The number of nitrogens with zero attached hydrogens (tertiary/aromatic N) is 2. The van der Waals surface area contributed by atoms with Crippen LogP contribution in [0.15, 0.2) is 24.5 Å². The van der Waals surface area contributed by atoms with E-state index in [9.17, 15) is 13.2 Å². The zero-order valence-electron chi connectivity index (χ0n) is 12.0. The maximum Gasteiger partial charge on any atom is 0.194 e. The number of hydrogen-bond acceptors (Lipinski definition) is 2. The molecule has 2 aromatic rings. The maximum atomic E-state index is 13.4. The maximum absolute atomic E-state index is 13.4. The molecule has 1 N–H and O–H groups in total. The molecule has 0 spiro atoms. The van der Waals surface area contributed by atoms with Gasteiger partial charge < -0.3 is 5.32 Å². The topological polar surface area (TPSA) is 29.9 Å². The summed E-state index contributed by atoms with van der Waals surface area (Å²) in [5, 5.41) is 7.25. The van der Waals surface area contributed by atoms with E-state index in [4.69, 9.17) is 0 Å². The van der Waals surface area contributed by atoms with Crippen molar-refractivity contribution in [2.45, 2.75) is 25.8 Å². The standard InChI is InChI=1S/C15H18F3N3/c1-3-19-14(5-4-10-8-20-21(2)9-10)11-6-12(16)15(18)13(17)7-11/h6-9,14,19H,3-5H2,1-2H3. The molecule has 21 heavy (non-hydrogen) atoms. The highest BCUT2D eigenvalue weighted by molar-refractivity contribution is 5.23. The third-order valence-electron chi connectivity index (χ3n) is 3.34. The Kier molecular flexibility index (Phi) is 5.01. The molecule has 0 saturated carbocycles. The molecule has 0 fully saturated rings. The second-order valence-corrected chi connectivity index (χ2v) is 4.97. The Balaban J connectivity index is 2.14. The van der Waals surface area contributed by atoms with Crippen LogP contribution >= 0.6 is 0 Å². The number of hydrogen-bond donors (Lipinski definition) is 1. The summed E-state index contributed by atoms with van der Waals surface area (Å²) in [6.45, 7) is 2.56. The van der Waals surface area contributed by atoms with Crippen molar-refractivity contribution >= 4 is 0 Å². The predicted molar refractivity (Wildman–Crippen MR) is 74.3 cm³/mol. The van der Waals surface area contributed by atoms with E-state index < -0.39 is 17.5 Å². The summed E-state index contributed by atoms with van der Waals surface area (Å²) in [7, 11) is 1.83. The van der Waals surface area contributed by atoms with Gasteiger partial charge in [-0.25, -0.2) is 13.2 Å². The van der Waals surface area contributed by atoms with Gasteiger partial charge in [-0.15, -0.1) is 0 Å². The lowest BCUT2D eigenvalue weighted by atomic mass is 9.99. The highest BCUT2D eigenvalue weighted by Crippen LogP contribution is 2.23. The predicted octanol–water partition coefficient (Wildman–Crippen LogP) is 3.12. The van der Waals surface area contributed by atoms with Crippen molar-refractivity contribution in [3.05, 3.63) is 53.1 Å². The Bertz CT molecular complexity index is 587. The zero-order chi connectivity index (χ0) is 15.4. The van der Waals surface area contributed by atoms with Gasteiger partial charge in [0, 0.05) is 19.3 Å². The van der Waals surface area contributed by atoms with E-state index in [2.05, 4.69) is 10.4 Å². The first kappa shape index (κ1) is 15.6. The summed E-state index contributed by atoms with van der Waals surface area (Å²) < 4.78 is 41.4. The second kappa shape index (κ2) is 6.76. The van der Waals surface area contributed by atoms with E-state index in [-0.39, 0.29) is 6.04 Å². The van der Waals surface area contributed by atoms with Crippen LogP contribution in [-0.2, 0) is 13.5 Å². The van der Waals surface area contributed by atoms with Gasteiger partial charge in [-0.05, 0) is 42.6 Å². The van der Waals surface area contributed by atoms with Crippen LogP contribution < -0.4 is 5.32 Å². The molecule has 0 amide bonds. The van der Waals surface area contributed by atoms with E-state index in [0.29, 0.717) is 24.9 Å². The quantitative estimate of drug-likeness (QED) is 0.830. The molecule has 0 aliphatic rings. The fourth-order valence-corrected chi connectivity index (χ4v) is 2.32. The molecule has 114 valence electrons. The molecule has 6 heteroatoms. The molecule has 1 aromatic carbocycles. The molecule has 2 rings (SSSR count). The molecule has 1 unspecified atom stereocenters. The van der Waals surface area contributed by atoms with Crippen molar-refractivity contribution in [3.8, 4) is 0 Å². The monoisotopic (exact) mass is 297 g/mol. The number of nitrogens with one attached hydrogen (secondary N) is 1. The summed E-state index contributed by atoms with van der Waals surface area (Å²) in [6, 6.07) is 1.86. The summed E-state index contributed by atoms with van der Waals surface area (Å²) in [5.41, 5.74) is 1.46. The third-order valence-corrected chi connectivity index (χ3v) is 3.34. The lowest BCUT2D eigenvalue weighted by Gasteiger charge is -2.18. The number of aromatic nitrogens is 2. The van der Waals surface area contributed by atoms with E-state index in [1.54, 1.807) is 10.9 Å². The Hall–Kier alpha value is -1.82. The van der Waals surface area contributed by atoms with Gasteiger partial charge in [0.2, 0.25) is 0 Å². The largest absolute Gasteiger partial charge is 0.310 e. The van der Waals surface area contributed by atoms with Gasteiger partial charge in [0.15, 0.2) is 17.5 Å². The number of halogens is 3. The van der Waals surface area contributed by atoms with E-state index >= 15 is 0 Å². The summed E-state index contributed by atoms with van der Waals surface area (Å²) >= 11 is 0. The van der Waals surface area contributed by atoms with Crippen LogP contribution in [0.3, 0.4) is 0 Å². The van der Waals surface area contributed by atoms with Crippen molar-refractivity contribution in [1.29, 1.82) is 0 Å². The minimum atomic E-state index is -1.43. The third kappa shape index (κ3) is 3.85. The van der Waals surface area contributed by atoms with Gasteiger partial charge in [0.05, 0.1) is 6.20 Å². The van der Waals surface area contributed by atoms with Crippen LogP contribution in [0, 0.1) is 17.5 Å². The zero-order valence-corrected chi connectivity index (χ0v) is 12.0. The second-order valence-electron chi connectivity index (χ2n) is 4.97. The molecular formula is C15H18F3N3. The molecule has 3 nitrogen and oxygen atoms in total. The van der Waals surface area contributed by atoms with E-state index in [1.807, 2.05) is 20.2 Å². The molecule has 0 bridgehead atoms. The van der Waals surface area contributed by atoms with Gasteiger partial charge in [-0.1, -0.05) is 6.92 Å². The minimum Gasteiger partial charge on any atom is -0.310 e. The molecule has 1 heterocycles. The van der Waals surface area contributed by atoms with Gasteiger partial charge in [-0.3, -0.25) is 4.68 Å². The molecule has 1 aromatic heterocycles. The van der Waals surface area contributed by atoms with Crippen molar-refractivity contribution in [3.63, 3.8) is 0 Å². The average Bonchev–Trinajstić information content (AvgIpc) is 2.86. The SMILES string of the molecule is CCNC(CCc1cnn(C)c1)c1cc(F)c(F)c(F)c1. The normalized spacial score (nSPS) is 12.6. The molecule has 0 aliphatic heterocycles. The number of benzene rings is 1. The van der Waals surface area contributed by atoms with Crippen LogP contribution in [0.4, 0.5) is 13.2 Å². The van der Waals surface area contributed by atoms with Crippen LogP contribution in [0.5, 0.6) is 0 Å². The lowest BCUT2D eigenvalue weighted by molar-refractivity contribution is 0.437. The molecule has 0 aliphatic carbocycles. The summed E-state index contributed by atoms with van der Waals surface area (Å²) in [6.07, 6.45) is 5.01. The fourth-order valence-electron chi connectivity index (χ4n) is 2.32. The highest BCUT2D eigenvalue weighted by Gasteiger charge is 2.17. The van der Waals surface area contributed by atoms with Crippen LogP contribution in [-0.4, -0.2) is 16.3 Å². The minimum absolute atomic E-state index is 0.236. The Morgan fingerprint density at radius 2 is 1.90 bits per heavy atom. The van der Waals surface area contributed by atoms with E-state index in [1.165, 1.54) is 0 Å². The Morgan fingerprint density at radius 3 is 2.43 bits per heavy atom. The Morgan fingerprint density at radius 1 is 1.24 bits per heavy atom. The summed E-state index contributed by atoms with van der Waals surface area (Å²) in [5.74, 6) is -3.75. The van der Waals surface area contributed by atoms with E-state index in [0.717, 1.165) is 17.7 Å². The highest BCUT2D eigenvalue weighted by atomic mass is 19.2.